The van der Waals surface area contributed by atoms with Crippen LogP contribution < -0.4 is 10.6 Å². The van der Waals surface area contributed by atoms with Crippen LogP contribution in [0, 0.1) is 20.8 Å². The van der Waals surface area contributed by atoms with Gasteiger partial charge >= 0.3 is 6.09 Å². The zero-order valence-corrected chi connectivity index (χ0v) is 21.8. The molecule has 2 aromatic carbocycles. The van der Waals surface area contributed by atoms with Gasteiger partial charge in [-0.05, 0) is 64.3 Å². The molecule has 0 aliphatic rings. The van der Waals surface area contributed by atoms with E-state index in [9.17, 15) is 24.6 Å². The molecular weight excluding hydrogens is 462 g/mol. The molecule has 0 bridgehead atoms. The van der Waals surface area contributed by atoms with Gasteiger partial charge in [0.2, 0.25) is 5.91 Å². The maximum absolute atomic E-state index is 13.7. The van der Waals surface area contributed by atoms with Gasteiger partial charge in [-0.2, -0.15) is 0 Å². The van der Waals surface area contributed by atoms with Crippen molar-refractivity contribution in [3.63, 3.8) is 0 Å². The van der Waals surface area contributed by atoms with Crippen LogP contribution in [0.5, 0.6) is 0 Å². The number of rotatable bonds is 9. The van der Waals surface area contributed by atoms with Crippen LogP contribution in [0.15, 0.2) is 42.5 Å². The topological polar surface area (TPSA) is 128 Å². The largest absolute Gasteiger partial charge is 0.444 e. The number of aliphatic hydroxyl groups excluding tert-OH is 2. The highest BCUT2D eigenvalue weighted by Crippen LogP contribution is 2.28. The number of hydrogen-bond donors (Lipinski definition) is 4. The third-order valence-corrected chi connectivity index (χ3v) is 5.49. The van der Waals surface area contributed by atoms with E-state index in [2.05, 4.69) is 10.6 Å². The van der Waals surface area contributed by atoms with Crippen LogP contribution in [0.2, 0.25) is 0 Å². The van der Waals surface area contributed by atoms with Crippen molar-refractivity contribution in [2.45, 2.75) is 59.2 Å². The lowest BCUT2D eigenvalue weighted by Gasteiger charge is -2.34. The van der Waals surface area contributed by atoms with Crippen molar-refractivity contribution in [2.75, 3.05) is 25.1 Å². The van der Waals surface area contributed by atoms with E-state index in [0.717, 1.165) is 16.7 Å². The Balaban J connectivity index is 2.51. The second kappa shape index (κ2) is 12.5. The molecular formula is C27H37N3O6. The first-order valence-electron chi connectivity index (χ1n) is 11.8. The fourth-order valence-corrected chi connectivity index (χ4v) is 3.73. The molecule has 2 aromatic rings. The number of carbonyl (C=O) groups is 3. The fraction of sp³-hybridized carbons (Fsp3) is 0.444. The molecule has 9 nitrogen and oxygen atoms in total. The molecule has 0 fully saturated rings. The van der Waals surface area contributed by atoms with Gasteiger partial charge in [0.05, 0.1) is 13.2 Å². The normalized spacial score (nSPS) is 12.9. The van der Waals surface area contributed by atoms with E-state index in [0.29, 0.717) is 11.3 Å². The lowest BCUT2D eigenvalue weighted by Crippen LogP contribution is -2.54. The molecule has 0 saturated carbocycles. The molecule has 2 rings (SSSR count). The predicted molar refractivity (Wildman–Crippen MR) is 138 cm³/mol. The van der Waals surface area contributed by atoms with Crippen molar-refractivity contribution in [1.82, 2.24) is 10.2 Å². The van der Waals surface area contributed by atoms with Gasteiger partial charge in [0.1, 0.15) is 17.7 Å². The average Bonchev–Trinajstić information content (AvgIpc) is 2.79. The average molecular weight is 500 g/mol. The number of aryl methyl sites for hydroxylation is 3. The van der Waals surface area contributed by atoms with Gasteiger partial charge in [0, 0.05) is 12.2 Å². The lowest BCUT2D eigenvalue weighted by molar-refractivity contribution is -0.142. The molecule has 4 N–H and O–H groups in total. The number of hydrogen-bond acceptors (Lipinski definition) is 6. The van der Waals surface area contributed by atoms with Crippen molar-refractivity contribution in [3.8, 4) is 0 Å². The molecule has 36 heavy (non-hydrogen) atoms. The van der Waals surface area contributed by atoms with Crippen molar-refractivity contribution in [1.29, 1.82) is 0 Å². The Bertz CT molecular complexity index is 1080. The molecule has 0 saturated heterocycles. The van der Waals surface area contributed by atoms with E-state index in [4.69, 9.17) is 4.74 Å². The third-order valence-electron chi connectivity index (χ3n) is 5.49. The quantitative estimate of drug-likeness (QED) is 0.420. The number of carbonyl (C=O) groups excluding carboxylic acids is 3. The number of anilines is 1. The van der Waals surface area contributed by atoms with Crippen LogP contribution >= 0.6 is 0 Å². The van der Waals surface area contributed by atoms with E-state index in [-0.39, 0.29) is 6.54 Å². The number of amides is 3. The Labute approximate surface area is 212 Å². The van der Waals surface area contributed by atoms with Crippen molar-refractivity contribution >= 4 is 23.6 Å². The van der Waals surface area contributed by atoms with E-state index in [1.807, 2.05) is 51.1 Å². The van der Waals surface area contributed by atoms with E-state index in [1.165, 1.54) is 4.90 Å². The van der Waals surface area contributed by atoms with Gasteiger partial charge in [0.25, 0.3) is 5.91 Å². The predicted octanol–water partition coefficient (Wildman–Crippen LogP) is 3.00. The minimum absolute atomic E-state index is 0.204. The van der Waals surface area contributed by atoms with Crippen LogP contribution in [0.4, 0.5) is 10.5 Å². The van der Waals surface area contributed by atoms with Gasteiger partial charge in [0.15, 0.2) is 0 Å². The summed E-state index contributed by atoms with van der Waals surface area (Å²) in [5.74, 6) is -1.22. The molecule has 9 heteroatoms. The maximum atomic E-state index is 13.7. The first-order chi connectivity index (χ1) is 16.9. The summed E-state index contributed by atoms with van der Waals surface area (Å²) in [4.78, 5) is 40.8. The van der Waals surface area contributed by atoms with Crippen LogP contribution in [0.3, 0.4) is 0 Å². The van der Waals surface area contributed by atoms with Gasteiger partial charge in [-0.3, -0.25) is 9.59 Å². The molecule has 0 radical (unpaired) electrons. The van der Waals surface area contributed by atoms with Crippen LogP contribution in [-0.4, -0.2) is 64.4 Å². The van der Waals surface area contributed by atoms with Crippen LogP contribution in [0.25, 0.3) is 0 Å². The molecule has 2 atom stereocenters. The number of ether oxygens (including phenoxy) is 1. The zero-order chi connectivity index (χ0) is 27.0. The summed E-state index contributed by atoms with van der Waals surface area (Å²) < 4.78 is 5.22. The summed E-state index contributed by atoms with van der Waals surface area (Å²) in [6, 6.07) is 10.3. The minimum atomic E-state index is -1.38. The summed E-state index contributed by atoms with van der Waals surface area (Å²) >= 11 is 0. The van der Waals surface area contributed by atoms with E-state index in [1.54, 1.807) is 32.9 Å². The first-order valence-corrected chi connectivity index (χ1v) is 11.8. The SMILES string of the molecule is Cc1ccc(C)c(C(C(=O)Nc2ccccc2C)N(CCO)C(=O)C(CO)NC(=O)OC(C)(C)C)c1. The number of aliphatic hydroxyl groups is 2. The smallest absolute Gasteiger partial charge is 0.408 e. The minimum Gasteiger partial charge on any atom is -0.444 e. The second-order valence-electron chi connectivity index (χ2n) is 9.70. The molecule has 0 aliphatic carbocycles. The summed E-state index contributed by atoms with van der Waals surface area (Å²) in [6.07, 6.45) is -0.883. The summed E-state index contributed by atoms with van der Waals surface area (Å²) in [5, 5.41) is 25.0. The second-order valence-corrected chi connectivity index (χ2v) is 9.70. The molecule has 196 valence electrons. The number of nitrogens with zero attached hydrogens (tertiary/aromatic N) is 1. The van der Waals surface area contributed by atoms with Gasteiger partial charge in [-0.1, -0.05) is 42.0 Å². The fourth-order valence-electron chi connectivity index (χ4n) is 3.73. The molecule has 0 aliphatic heterocycles. The Hall–Kier alpha value is -3.43. The third kappa shape index (κ3) is 7.79. The molecule has 0 heterocycles. The van der Waals surface area contributed by atoms with Crippen molar-refractivity contribution < 1.29 is 29.3 Å². The lowest BCUT2D eigenvalue weighted by atomic mass is 9.96. The van der Waals surface area contributed by atoms with Gasteiger partial charge in [-0.15, -0.1) is 0 Å². The number of alkyl carbamates (subject to hydrolysis) is 1. The number of benzene rings is 2. The van der Waals surface area contributed by atoms with Crippen molar-refractivity contribution in [2.24, 2.45) is 0 Å². The maximum Gasteiger partial charge on any atom is 0.408 e. The van der Waals surface area contributed by atoms with Crippen LogP contribution in [0.1, 0.15) is 49.1 Å². The summed E-state index contributed by atoms with van der Waals surface area (Å²) in [7, 11) is 0. The number of para-hydroxylation sites is 1. The Morgan fingerprint density at radius 1 is 1.00 bits per heavy atom. The molecule has 0 aromatic heterocycles. The summed E-state index contributed by atoms with van der Waals surface area (Å²) in [5.41, 5.74) is 2.82. The van der Waals surface area contributed by atoms with Gasteiger partial charge < -0.3 is 30.5 Å². The summed E-state index contributed by atoms with van der Waals surface area (Å²) in [6.45, 7) is 9.21. The Kier molecular flexibility index (Phi) is 10.0. The van der Waals surface area contributed by atoms with Crippen LogP contribution in [-0.2, 0) is 14.3 Å². The standard InChI is InChI=1S/C27H37N3O6/c1-17-11-12-18(2)20(15-17)23(24(33)28-21-10-8-7-9-19(21)3)30(13-14-31)25(34)22(16-32)29-26(35)36-27(4,5)6/h7-12,15,22-23,31-32H,13-14,16H2,1-6H3,(H,28,33)(H,29,35). The highest BCUT2D eigenvalue weighted by molar-refractivity contribution is 5.99. The molecule has 2 unspecified atom stereocenters. The van der Waals surface area contributed by atoms with Gasteiger partial charge in [-0.25, -0.2) is 4.79 Å². The highest BCUT2D eigenvalue weighted by Gasteiger charge is 2.36. The number of nitrogens with one attached hydrogen (secondary N) is 2. The van der Waals surface area contributed by atoms with Crippen molar-refractivity contribution in [3.05, 3.63) is 64.7 Å². The Morgan fingerprint density at radius 2 is 1.67 bits per heavy atom. The first kappa shape index (κ1) is 28.8. The molecule has 3 amide bonds. The zero-order valence-electron chi connectivity index (χ0n) is 21.8. The Morgan fingerprint density at radius 3 is 2.25 bits per heavy atom. The highest BCUT2D eigenvalue weighted by atomic mass is 16.6. The molecule has 0 spiro atoms. The van der Waals surface area contributed by atoms with E-state index >= 15 is 0 Å². The monoisotopic (exact) mass is 499 g/mol. The van der Waals surface area contributed by atoms with E-state index < -0.39 is 48.8 Å².